The Morgan fingerprint density at radius 2 is 1.94 bits per heavy atom. The van der Waals surface area contributed by atoms with Crippen LogP contribution in [0.3, 0.4) is 0 Å². The predicted molar refractivity (Wildman–Crippen MR) is 58.0 cm³/mol. The van der Waals surface area contributed by atoms with Gasteiger partial charge in [-0.3, -0.25) is 0 Å². The number of aromatic nitrogens is 2. The van der Waals surface area contributed by atoms with E-state index < -0.39 is 0 Å². The van der Waals surface area contributed by atoms with E-state index in [-0.39, 0.29) is 5.82 Å². The van der Waals surface area contributed by atoms with Crippen molar-refractivity contribution >= 4 is 0 Å². The molecule has 4 heteroatoms. The molecule has 80 valence electrons. The van der Waals surface area contributed by atoms with Gasteiger partial charge < -0.3 is 5.32 Å². The van der Waals surface area contributed by atoms with Crippen LogP contribution in [-0.2, 0) is 13.1 Å². The van der Waals surface area contributed by atoms with Crippen molar-refractivity contribution in [1.29, 1.82) is 0 Å². The average Bonchev–Trinajstić information content (AvgIpc) is 2.77. The molecule has 3 rings (SSSR count). The largest absolute Gasteiger partial charge is 0.307 e. The number of hydrogen-bond donors (Lipinski definition) is 1. The van der Waals surface area contributed by atoms with Gasteiger partial charge in [0.2, 0.25) is 0 Å². The highest BCUT2D eigenvalue weighted by Crippen LogP contribution is 2.18. The SMILES string of the molecule is Fc1ccc(-c2ncc3c(n2)CNC3)cc1. The highest BCUT2D eigenvalue weighted by atomic mass is 19.1. The lowest BCUT2D eigenvalue weighted by molar-refractivity contribution is 0.628. The van der Waals surface area contributed by atoms with E-state index in [0.717, 1.165) is 29.9 Å². The van der Waals surface area contributed by atoms with Gasteiger partial charge in [-0.2, -0.15) is 0 Å². The molecule has 0 saturated heterocycles. The van der Waals surface area contributed by atoms with Crippen LogP contribution in [0.2, 0.25) is 0 Å². The molecule has 1 aliphatic rings. The molecule has 3 nitrogen and oxygen atoms in total. The van der Waals surface area contributed by atoms with Gasteiger partial charge in [-0.05, 0) is 24.3 Å². The third-order valence-corrected chi connectivity index (χ3v) is 2.66. The molecule has 0 amide bonds. The van der Waals surface area contributed by atoms with E-state index in [1.807, 2.05) is 6.20 Å². The molecule has 0 radical (unpaired) electrons. The molecular formula is C12H10FN3. The molecule has 1 aromatic heterocycles. The van der Waals surface area contributed by atoms with Gasteiger partial charge >= 0.3 is 0 Å². The first kappa shape index (κ1) is 9.42. The van der Waals surface area contributed by atoms with Crippen molar-refractivity contribution in [1.82, 2.24) is 15.3 Å². The summed E-state index contributed by atoms with van der Waals surface area (Å²) < 4.78 is 12.8. The average molecular weight is 215 g/mol. The molecule has 1 aromatic carbocycles. The van der Waals surface area contributed by atoms with Gasteiger partial charge in [0.1, 0.15) is 5.82 Å². The molecule has 0 spiro atoms. The quantitative estimate of drug-likeness (QED) is 0.789. The van der Waals surface area contributed by atoms with Crippen molar-refractivity contribution in [2.24, 2.45) is 0 Å². The van der Waals surface area contributed by atoms with Crippen LogP contribution >= 0.6 is 0 Å². The number of rotatable bonds is 1. The van der Waals surface area contributed by atoms with Gasteiger partial charge in [-0.15, -0.1) is 0 Å². The lowest BCUT2D eigenvalue weighted by atomic mass is 10.2. The molecule has 0 bridgehead atoms. The van der Waals surface area contributed by atoms with Gasteiger partial charge in [0.05, 0.1) is 5.69 Å². The maximum absolute atomic E-state index is 12.8. The number of halogens is 1. The maximum atomic E-state index is 12.8. The second-order valence-electron chi connectivity index (χ2n) is 3.78. The van der Waals surface area contributed by atoms with Gasteiger partial charge in [-0.1, -0.05) is 0 Å². The van der Waals surface area contributed by atoms with Crippen LogP contribution < -0.4 is 5.32 Å². The highest BCUT2D eigenvalue weighted by molar-refractivity contribution is 5.55. The van der Waals surface area contributed by atoms with Crippen LogP contribution in [0.1, 0.15) is 11.3 Å². The Hall–Kier alpha value is -1.81. The van der Waals surface area contributed by atoms with Crippen molar-refractivity contribution < 1.29 is 4.39 Å². The van der Waals surface area contributed by atoms with Crippen molar-refractivity contribution in [2.75, 3.05) is 0 Å². The number of hydrogen-bond acceptors (Lipinski definition) is 3. The Morgan fingerprint density at radius 3 is 2.75 bits per heavy atom. The molecule has 1 aliphatic heterocycles. The van der Waals surface area contributed by atoms with Crippen molar-refractivity contribution in [3.05, 3.63) is 47.5 Å². The summed E-state index contributed by atoms with van der Waals surface area (Å²) in [5, 5.41) is 3.21. The first-order valence-corrected chi connectivity index (χ1v) is 5.14. The van der Waals surface area contributed by atoms with Gasteiger partial charge in [0, 0.05) is 30.4 Å². The van der Waals surface area contributed by atoms with E-state index in [1.165, 1.54) is 12.1 Å². The Labute approximate surface area is 92.4 Å². The predicted octanol–water partition coefficient (Wildman–Crippen LogP) is 1.89. The lowest BCUT2D eigenvalue weighted by Crippen LogP contribution is -2.00. The van der Waals surface area contributed by atoms with Gasteiger partial charge in [0.15, 0.2) is 5.82 Å². The summed E-state index contributed by atoms with van der Waals surface area (Å²) >= 11 is 0. The lowest BCUT2D eigenvalue weighted by Gasteiger charge is -2.02. The van der Waals surface area contributed by atoms with Crippen LogP contribution in [0.15, 0.2) is 30.5 Å². The molecule has 0 unspecified atom stereocenters. The fourth-order valence-corrected chi connectivity index (χ4v) is 1.80. The zero-order valence-corrected chi connectivity index (χ0v) is 8.57. The maximum Gasteiger partial charge on any atom is 0.159 e. The third kappa shape index (κ3) is 1.57. The minimum Gasteiger partial charge on any atom is -0.307 e. The molecule has 16 heavy (non-hydrogen) atoms. The molecule has 2 aromatic rings. The summed E-state index contributed by atoms with van der Waals surface area (Å²) in [6.45, 7) is 1.62. The number of nitrogens with zero attached hydrogens (tertiary/aromatic N) is 2. The fraction of sp³-hybridized carbons (Fsp3) is 0.167. The molecule has 1 N–H and O–H groups in total. The first-order chi connectivity index (χ1) is 7.83. The van der Waals surface area contributed by atoms with Crippen molar-refractivity contribution in [3.8, 4) is 11.4 Å². The zero-order chi connectivity index (χ0) is 11.0. The summed E-state index contributed by atoms with van der Waals surface area (Å²) in [5.41, 5.74) is 3.02. The van der Waals surface area contributed by atoms with Gasteiger partial charge in [-0.25, -0.2) is 14.4 Å². The normalized spacial score (nSPS) is 13.8. The monoisotopic (exact) mass is 215 g/mol. The first-order valence-electron chi connectivity index (χ1n) is 5.14. The number of benzene rings is 1. The van der Waals surface area contributed by atoms with Crippen LogP contribution in [0.4, 0.5) is 4.39 Å². The molecule has 0 atom stereocenters. The Morgan fingerprint density at radius 1 is 1.12 bits per heavy atom. The minimum absolute atomic E-state index is 0.244. The Bertz CT molecular complexity index is 522. The highest BCUT2D eigenvalue weighted by Gasteiger charge is 2.13. The second-order valence-corrected chi connectivity index (χ2v) is 3.78. The van der Waals surface area contributed by atoms with Crippen molar-refractivity contribution in [3.63, 3.8) is 0 Å². The standard InChI is InChI=1S/C12H10FN3/c13-10-3-1-8(2-4-10)12-15-6-9-5-14-7-11(9)16-12/h1-4,6,14H,5,7H2. The van der Waals surface area contributed by atoms with E-state index in [9.17, 15) is 4.39 Å². The van der Waals surface area contributed by atoms with Crippen molar-refractivity contribution in [2.45, 2.75) is 13.1 Å². The van der Waals surface area contributed by atoms with Gasteiger partial charge in [0.25, 0.3) is 0 Å². The zero-order valence-electron chi connectivity index (χ0n) is 8.57. The third-order valence-electron chi connectivity index (χ3n) is 2.66. The molecule has 0 aliphatic carbocycles. The Balaban J connectivity index is 2.03. The van der Waals surface area contributed by atoms with E-state index in [0.29, 0.717) is 5.82 Å². The molecule has 0 fully saturated rings. The summed E-state index contributed by atoms with van der Waals surface area (Å²) in [6.07, 6.45) is 1.83. The van der Waals surface area contributed by atoms with E-state index in [2.05, 4.69) is 15.3 Å². The molecule has 2 heterocycles. The van der Waals surface area contributed by atoms with E-state index in [1.54, 1.807) is 12.1 Å². The molecule has 0 saturated carbocycles. The summed E-state index contributed by atoms with van der Waals surface area (Å²) in [5.74, 6) is 0.411. The van der Waals surface area contributed by atoms with E-state index >= 15 is 0 Å². The Kier molecular flexibility index (Phi) is 2.15. The minimum atomic E-state index is -0.244. The number of nitrogens with one attached hydrogen (secondary N) is 1. The number of fused-ring (bicyclic) bond motifs is 1. The van der Waals surface area contributed by atoms with Crippen LogP contribution in [-0.4, -0.2) is 9.97 Å². The summed E-state index contributed by atoms with van der Waals surface area (Å²) in [6, 6.07) is 6.23. The van der Waals surface area contributed by atoms with Crippen LogP contribution in [0.5, 0.6) is 0 Å². The van der Waals surface area contributed by atoms with E-state index in [4.69, 9.17) is 0 Å². The second kappa shape index (κ2) is 3.64. The topological polar surface area (TPSA) is 37.8 Å². The summed E-state index contributed by atoms with van der Waals surface area (Å²) in [4.78, 5) is 8.73. The molecular weight excluding hydrogens is 205 g/mol. The smallest absolute Gasteiger partial charge is 0.159 e. The summed E-state index contributed by atoms with van der Waals surface area (Å²) in [7, 11) is 0. The fourth-order valence-electron chi connectivity index (χ4n) is 1.80. The van der Waals surface area contributed by atoms with Crippen LogP contribution in [0.25, 0.3) is 11.4 Å². The van der Waals surface area contributed by atoms with Crippen LogP contribution in [0, 0.1) is 5.82 Å².